The van der Waals surface area contributed by atoms with E-state index in [9.17, 15) is 13.2 Å². The van der Waals surface area contributed by atoms with Crippen LogP contribution in [0.5, 0.6) is 0 Å². The van der Waals surface area contributed by atoms with Crippen LogP contribution in [0.4, 0.5) is 13.2 Å². The van der Waals surface area contributed by atoms with Crippen LogP contribution in [0, 0.1) is 5.92 Å². The van der Waals surface area contributed by atoms with Crippen molar-refractivity contribution in [2.45, 2.75) is 44.4 Å². The maximum atomic E-state index is 12.4. The van der Waals surface area contributed by atoms with E-state index in [0.29, 0.717) is 25.2 Å². The Morgan fingerprint density at radius 1 is 1.29 bits per heavy atom. The second-order valence-electron chi connectivity index (χ2n) is 4.32. The number of hydrogen-bond acceptors (Lipinski definition) is 4. The van der Waals surface area contributed by atoms with Crippen LogP contribution in [0.2, 0.25) is 0 Å². The lowest BCUT2D eigenvalue weighted by Crippen LogP contribution is -2.36. The molecule has 0 unspecified atom stereocenters. The molecule has 1 N–H and O–H groups in total. The Labute approximate surface area is 96.6 Å². The van der Waals surface area contributed by atoms with E-state index in [-0.39, 0.29) is 18.9 Å². The number of nitrogens with one attached hydrogen (secondary N) is 1. The van der Waals surface area contributed by atoms with Gasteiger partial charge in [-0.2, -0.15) is 18.2 Å². The molecule has 1 aliphatic rings. The fourth-order valence-corrected chi connectivity index (χ4v) is 2.13. The van der Waals surface area contributed by atoms with Crippen molar-refractivity contribution in [1.29, 1.82) is 0 Å². The summed E-state index contributed by atoms with van der Waals surface area (Å²) in [7, 11) is 0. The standard InChI is InChI=1S/C10H14F3N3O/c11-10(12,13)7-1-3-8(4-2-7)14-5-9-15-6-17-16-9/h6-8,14H,1-5H2. The van der Waals surface area contributed by atoms with Gasteiger partial charge < -0.3 is 9.84 Å². The van der Waals surface area contributed by atoms with Crippen LogP contribution in [0.1, 0.15) is 31.5 Å². The van der Waals surface area contributed by atoms with Gasteiger partial charge in [-0.1, -0.05) is 5.16 Å². The van der Waals surface area contributed by atoms with Crippen LogP contribution in [0.25, 0.3) is 0 Å². The lowest BCUT2D eigenvalue weighted by molar-refractivity contribution is -0.182. The molecule has 1 aromatic heterocycles. The molecule has 7 heteroatoms. The van der Waals surface area contributed by atoms with Gasteiger partial charge in [-0.3, -0.25) is 0 Å². The maximum absolute atomic E-state index is 12.4. The van der Waals surface area contributed by atoms with Crippen LogP contribution in [0.3, 0.4) is 0 Å². The summed E-state index contributed by atoms with van der Waals surface area (Å²) in [4.78, 5) is 3.83. The summed E-state index contributed by atoms with van der Waals surface area (Å²) in [6, 6.07) is 0.118. The molecule has 4 nitrogen and oxygen atoms in total. The van der Waals surface area contributed by atoms with Crippen LogP contribution >= 0.6 is 0 Å². The lowest BCUT2D eigenvalue weighted by Gasteiger charge is -2.30. The zero-order chi connectivity index (χ0) is 12.3. The highest BCUT2D eigenvalue weighted by Crippen LogP contribution is 2.37. The Kier molecular flexibility index (Phi) is 3.66. The second-order valence-corrected chi connectivity index (χ2v) is 4.32. The van der Waals surface area contributed by atoms with Crippen LogP contribution in [0.15, 0.2) is 10.9 Å². The number of hydrogen-bond donors (Lipinski definition) is 1. The van der Waals surface area contributed by atoms with Gasteiger partial charge in [0.2, 0.25) is 6.39 Å². The van der Waals surface area contributed by atoms with E-state index in [1.165, 1.54) is 6.39 Å². The van der Waals surface area contributed by atoms with Gasteiger partial charge in [-0.25, -0.2) is 0 Å². The molecule has 0 atom stereocenters. The van der Waals surface area contributed by atoms with E-state index >= 15 is 0 Å². The van der Waals surface area contributed by atoms with Crippen molar-refractivity contribution in [2.24, 2.45) is 5.92 Å². The van der Waals surface area contributed by atoms with E-state index in [4.69, 9.17) is 0 Å². The normalized spacial score (nSPS) is 26.1. The molecular formula is C10H14F3N3O. The predicted molar refractivity (Wildman–Crippen MR) is 52.9 cm³/mol. The molecular weight excluding hydrogens is 235 g/mol. The van der Waals surface area contributed by atoms with Crippen molar-refractivity contribution < 1.29 is 17.7 Å². The molecule has 0 spiro atoms. The van der Waals surface area contributed by atoms with E-state index in [0.717, 1.165) is 0 Å². The SMILES string of the molecule is FC(F)(F)C1CCC(NCc2ncon2)CC1. The van der Waals surface area contributed by atoms with Gasteiger partial charge in [0, 0.05) is 6.04 Å². The highest BCUT2D eigenvalue weighted by molar-refractivity contribution is 4.83. The van der Waals surface area contributed by atoms with Gasteiger partial charge in [0.15, 0.2) is 5.82 Å². The van der Waals surface area contributed by atoms with Crippen molar-refractivity contribution >= 4 is 0 Å². The first-order chi connectivity index (χ1) is 8.05. The number of aromatic nitrogens is 2. The minimum atomic E-state index is -4.04. The summed E-state index contributed by atoms with van der Waals surface area (Å²) in [5.41, 5.74) is 0. The van der Waals surface area contributed by atoms with Crippen molar-refractivity contribution in [3.63, 3.8) is 0 Å². The van der Waals surface area contributed by atoms with E-state index in [2.05, 4.69) is 20.0 Å². The molecule has 2 rings (SSSR count). The minimum Gasteiger partial charge on any atom is -0.343 e. The van der Waals surface area contributed by atoms with E-state index < -0.39 is 12.1 Å². The van der Waals surface area contributed by atoms with Gasteiger partial charge in [0.05, 0.1) is 12.5 Å². The van der Waals surface area contributed by atoms with Crippen molar-refractivity contribution in [3.05, 3.63) is 12.2 Å². The van der Waals surface area contributed by atoms with Gasteiger partial charge in [-0.05, 0) is 25.7 Å². The predicted octanol–water partition coefficient (Wildman–Crippen LogP) is 2.28. The van der Waals surface area contributed by atoms with E-state index in [1.807, 2.05) is 0 Å². The average molecular weight is 249 g/mol. The highest BCUT2D eigenvalue weighted by Gasteiger charge is 2.41. The Hall–Kier alpha value is -1.11. The molecule has 17 heavy (non-hydrogen) atoms. The second kappa shape index (κ2) is 5.03. The third-order valence-corrected chi connectivity index (χ3v) is 3.15. The smallest absolute Gasteiger partial charge is 0.343 e. The minimum absolute atomic E-state index is 0.118. The summed E-state index contributed by atoms with van der Waals surface area (Å²) >= 11 is 0. The molecule has 1 aliphatic carbocycles. The van der Waals surface area contributed by atoms with Gasteiger partial charge >= 0.3 is 6.18 Å². The molecule has 1 saturated carbocycles. The summed E-state index contributed by atoms with van der Waals surface area (Å²) in [6.45, 7) is 0.442. The zero-order valence-electron chi connectivity index (χ0n) is 9.20. The Bertz CT molecular complexity index is 331. The molecule has 0 bridgehead atoms. The lowest BCUT2D eigenvalue weighted by atomic mass is 9.85. The molecule has 0 aliphatic heterocycles. The number of halogens is 3. The van der Waals surface area contributed by atoms with Gasteiger partial charge in [0.1, 0.15) is 0 Å². The summed E-state index contributed by atoms with van der Waals surface area (Å²) in [5.74, 6) is -0.603. The first kappa shape index (κ1) is 12.3. The third-order valence-electron chi connectivity index (χ3n) is 3.15. The quantitative estimate of drug-likeness (QED) is 0.892. The number of alkyl halides is 3. The third kappa shape index (κ3) is 3.42. The van der Waals surface area contributed by atoms with Crippen LogP contribution < -0.4 is 5.32 Å². The van der Waals surface area contributed by atoms with Crippen LogP contribution in [-0.2, 0) is 6.54 Å². The first-order valence-corrected chi connectivity index (χ1v) is 5.61. The average Bonchev–Trinajstić information content (AvgIpc) is 2.78. The zero-order valence-corrected chi connectivity index (χ0v) is 9.20. The molecule has 1 fully saturated rings. The van der Waals surface area contributed by atoms with E-state index in [1.54, 1.807) is 0 Å². The Morgan fingerprint density at radius 2 is 2.00 bits per heavy atom. The van der Waals surface area contributed by atoms with Gasteiger partial charge in [0.25, 0.3) is 0 Å². The number of nitrogens with zero attached hydrogens (tertiary/aromatic N) is 2. The molecule has 0 amide bonds. The summed E-state index contributed by atoms with van der Waals surface area (Å²) in [5, 5.41) is 6.77. The maximum Gasteiger partial charge on any atom is 0.391 e. The van der Waals surface area contributed by atoms with Gasteiger partial charge in [-0.15, -0.1) is 0 Å². The monoisotopic (exact) mass is 249 g/mol. The summed E-state index contributed by atoms with van der Waals surface area (Å²) in [6.07, 6.45) is -1.32. The highest BCUT2D eigenvalue weighted by atomic mass is 19.4. The molecule has 1 heterocycles. The number of rotatable bonds is 3. The van der Waals surface area contributed by atoms with Crippen molar-refractivity contribution in [2.75, 3.05) is 0 Å². The fraction of sp³-hybridized carbons (Fsp3) is 0.800. The molecule has 0 aromatic carbocycles. The Balaban J connectivity index is 1.72. The molecule has 1 aromatic rings. The van der Waals surface area contributed by atoms with Crippen LogP contribution in [-0.4, -0.2) is 22.4 Å². The molecule has 0 radical (unpaired) electrons. The van der Waals surface area contributed by atoms with Crippen molar-refractivity contribution in [1.82, 2.24) is 15.5 Å². The topological polar surface area (TPSA) is 51.0 Å². The first-order valence-electron chi connectivity index (χ1n) is 5.61. The summed E-state index contributed by atoms with van der Waals surface area (Å²) < 4.78 is 41.8. The van der Waals surface area contributed by atoms with Crippen molar-refractivity contribution in [3.8, 4) is 0 Å². The molecule has 96 valence electrons. The Morgan fingerprint density at radius 3 is 2.53 bits per heavy atom. The molecule has 0 saturated heterocycles. The fourth-order valence-electron chi connectivity index (χ4n) is 2.13. The largest absolute Gasteiger partial charge is 0.391 e.